The van der Waals surface area contributed by atoms with Crippen molar-refractivity contribution in [1.29, 1.82) is 0 Å². The van der Waals surface area contributed by atoms with Crippen LogP contribution in [0.3, 0.4) is 0 Å². The molecule has 0 aromatic carbocycles. The summed E-state index contributed by atoms with van der Waals surface area (Å²) in [6.45, 7) is 14.7. The van der Waals surface area contributed by atoms with E-state index >= 15 is 0 Å². The first kappa shape index (κ1) is 34.9. The fourth-order valence-corrected chi connectivity index (χ4v) is 4.68. The van der Waals surface area contributed by atoms with Crippen LogP contribution < -0.4 is 0 Å². The van der Waals surface area contributed by atoms with Crippen molar-refractivity contribution >= 4 is 11.9 Å². The van der Waals surface area contributed by atoms with Crippen LogP contribution in [0.4, 0.5) is 0 Å². The number of hydrogen-bond donors (Lipinski definition) is 0. The summed E-state index contributed by atoms with van der Waals surface area (Å²) in [6.07, 6.45) is 19.5. The van der Waals surface area contributed by atoms with Gasteiger partial charge in [-0.3, -0.25) is 9.59 Å². The largest absolute Gasteiger partial charge is 0.466 e. The molecular weight excluding hydrogens is 448 g/mol. The fourth-order valence-electron chi connectivity index (χ4n) is 4.68. The molecule has 4 nitrogen and oxygen atoms in total. The molecule has 0 saturated carbocycles. The van der Waals surface area contributed by atoms with Crippen LogP contribution >= 0.6 is 0 Å². The van der Waals surface area contributed by atoms with Gasteiger partial charge in [0.1, 0.15) is 0 Å². The van der Waals surface area contributed by atoms with Crippen LogP contribution in [0.1, 0.15) is 157 Å². The van der Waals surface area contributed by atoms with E-state index in [2.05, 4.69) is 41.5 Å². The SMILES string of the molecule is CC(C)CCCCCOC(=O)CCCCCCCCC(CCC(=O)OCCCCCC(C)C)C(C)C. The first-order valence-electron chi connectivity index (χ1n) is 15.5. The molecular formula is C32H62O4. The number of hydrogen-bond acceptors (Lipinski definition) is 4. The van der Waals surface area contributed by atoms with Gasteiger partial charge in [-0.05, 0) is 49.4 Å². The van der Waals surface area contributed by atoms with E-state index in [1.54, 1.807) is 0 Å². The minimum Gasteiger partial charge on any atom is -0.466 e. The molecule has 0 N–H and O–H groups in total. The van der Waals surface area contributed by atoms with Crippen LogP contribution in [-0.2, 0) is 19.1 Å². The van der Waals surface area contributed by atoms with E-state index < -0.39 is 0 Å². The highest BCUT2D eigenvalue weighted by atomic mass is 16.5. The van der Waals surface area contributed by atoms with Gasteiger partial charge in [-0.25, -0.2) is 0 Å². The van der Waals surface area contributed by atoms with Crippen molar-refractivity contribution in [2.45, 2.75) is 157 Å². The zero-order valence-electron chi connectivity index (χ0n) is 25.1. The molecule has 0 spiro atoms. The molecule has 0 rings (SSSR count). The van der Waals surface area contributed by atoms with E-state index in [1.165, 1.54) is 57.8 Å². The highest BCUT2D eigenvalue weighted by Crippen LogP contribution is 2.24. The highest BCUT2D eigenvalue weighted by Gasteiger charge is 2.15. The Balaban J connectivity index is 3.65. The van der Waals surface area contributed by atoms with Gasteiger partial charge in [-0.2, -0.15) is 0 Å². The molecule has 0 heterocycles. The predicted molar refractivity (Wildman–Crippen MR) is 153 cm³/mol. The second-order valence-corrected chi connectivity index (χ2v) is 12.1. The van der Waals surface area contributed by atoms with Gasteiger partial charge in [0.2, 0.25) is 0 Å². The first-order valence-corrected chi connectivity index (χ1v) is 15.5. The Morgan fingerprint density at radius 2 is 0.889 bits per heavy atom. The zero-order chi connectivity index (χ0) is 27.0. The molecule has 214 valence electrons. The Morgan fingerprint density at radius 3 is 1.39 bits per heavy atom. The van der Waals surface area contributed by atoms with Gasteiger partial charge in [0.15, 0.2) is 0 Å². The van der Waals surface area contributed by atoms with Crippen molar-refractivity contribution < 1.29 is 19.1 Å². The van der Waals surface area contributed by atoms with E-state index in [9.17, 15) is 9.59 Å². The van der Waals surface area contributed by atoms with E-state index in [0.717, 1.165) is 56.8 Å². The second-order valence-electron chi connectivity index (χ2n) is 12.1. The topological polar surface area (TPSA) is 52.6 Å². The van der Waals surface area contributed by atoms with Crippen LogP contribution in [0.5, 0.6) is 0 Å². The third-order valence-corrected chi connectivity index (χ3v) is 7.25. The normalized spacial score (nSPS) is 12.5. The second kappa shape index (κ2) is 24.3. The number of esters is 2. The molecule has 0 aliphatic rings. The smallest absolute Gasteiger partial charge is 0.305 e. The third kappa shape index (κ3) is 24.6. The van der Waals surface area contributed by atoms with Gasteiger partial charge in [0.05, 0.1) is 13.2 Å². The fraction of sp³-hybridized carbons (Fsp3) is 0.938. The van der Waals surface area contributed by atoms with Crippen LogP contribution in [0, 0.1) is 23.7 Å². The Kier molecular flexibility index (Phi) is 23.6. The molecule has 1 atom stereocenters. The van der Waals surface area contributed by atoms with Crippen molar-refractivity contribution in [3.63, 3.8) is 0 Å². The van der Waals surface area contributed by atoms with E-state index in [1.807, 2.05) is 0 Å². The zero-order valence-corrected chi connectivity index (χ0v) is 25.1. The van der Waals surface area contributed by atoms with Crippen LogP contribution in [-0.4, -0.2) is 25.2 Å². The Bertz CT molecular complexity index is 512. The predicted octanol–water partition coefficient (Wildman–Crippen LogP) is 9.68. The van der Waals surface area contributed by atoms with E-state index in [0.29, 0.717) is 37.9 Å². The summed E-state index contributed by atoms with van der Waals surface area (Å²) in [5, 5.41) is 0. The number of ether oxygens (including phenoxy) is 2. The maximum Gasteiger partial charge on any atom is 0.305 e. The van der Waals surface area contributed by atoms with Crippen LogP contribution in [0.25, 0.3) is 0 Å². The monoisotopic (exact) mass is 510 g/mol. The molecule has 0 radical (unpaired) electrons. The molecule has 0 aliphatic heterocycles. The van der Waals surface area contributed by atoms with Gasteiger partial charge < -0.3 is 9.47 Å². The average Bonchev–Trinajstić information content (AvgIpc) is 2.81. The first-order chi connectivity index (χ1) is 17.2. The summed E-state index contributed by atoms with van der Waals surface area (Å²) in [5.74, 6) is 2.69. The third-order valence-electron chi connectivity index (χ3n) is 7.25. The van der Waals surface area contributed by atoms with Crippen molar-refractivity contribution in [3.05, 3.63) is 0 Å². The summed E-state index contributed by atoms with van der Waals surface area (Å²) < 4.78 is 10.8. The Hall–Kier alpha value is -1.06. The molecule has 0 fully saturated rings. The summed E-state index contributed by atoms with van der Waals surface area (Å²) in [5.41, 5.74) is 0. The highest BCUT2D eigenvalue weighted by molar-refractivity contribution is 5.69. The van der Waals surface area contributed by atoms with Crippen molar-refractivity contribution in [2.75, 3.05) is 13.2 Å². The lowest BCUT2D eigenvalue weighted by Gasteiger charge is -2.20. The Labute approximate surface area is 225 Å². The summed E-state index contributed by atoms with van der Waals surface area (Å²) in [7, 11) is 0. The van der Waals surface area contributed by atoms with Gasteiger partial charge in [-0.15, -0.1) is 0 Å². The number of carbonyl (C=O) groups excluding carboxylic acids is 2. The quantitative estimate of drug-likeness (QED) is 0.0906. The van der Waals surface area contributed by atoms with Gasteiger partial charge in [0, 0.05) is 12.8 Å². The van der Waals surface area contributed by atoms with E-state index in [4.69, 9.17) is 9.47 Å². The molecule has 0 saturated heterocycles. The molecule has 0 aliphatic carbocycles. The lowest BCUT2D eigenvalue weighted by atomic mass is 9.86. The number of carbonyl (C=O) groups is 2. The Morgan fingerprint density at radius 1 is 0.472 bits per heavy atom. The molecule has 4 heteroatoms. The maximum absolute atomic E-state index is 12.1. The lowest BCUT2D eigenvalue weighted by molar-refractivity contribution is -0.145. The summed E-state index contributed by atoms with van der Waals surface area (Å²) >= 11 is 0. The van der Waals surface area contributed by atoms with Crippen LogP contribution in [0.15, 0.2) is 0 Å². The minimum atomic E-state index is -0.0247. The standard InChI is InChI=1S/C32H62O4/c1-27(2)19-13-11-17-25-35-31(33)22-16-10-8-7-9-15-21-30(29(5)6)23-24-32(34)36-26-18-12-14-20-28(3)4/h27-30H,7-26H2,1-6H3. The van der Waals surface area contributed by atoms with Crippen molar-refractivity contribution in [2.24, 2.45) is 23.7 Å². The molecule has 0 amide bonds. The van der Waals surface area contributed by atoms with Gasteiger partial charge >= 0.3 is 11.9 Å². The van der Waals surface area contributed by atoms with Gasteiger partial charge in [0.25, 0.3) is 0 Å². The summed E-state index contributed by atoms with van der Waals surface area (Å²) in [6, 6.07) is 0. The van der Waals surface area contributed by atoms with Crippen molar-refractivity contribution in [1.82, 2.24) is 0 Å². The lowest BCUT2D eigenvalue weighted by Crippen LogP contribution is -2.13. The molecule has 0 bridgehead atoms. The average molecular weight is 511 g/mol. The number of rotatable bonds is 25. The molecule has 1 unspecified atom stereocenters. The number of unbranched alkanes of at least 4 members (excludes halogenated alkanes) is 9. The molecule has 36 heavy (non-hydrogen) atoms. The summed E-state index contributed by atoms with van der Waals surface area (Å²) in [4.78, 5) is 23.9. The minimum absolute atomic E-state index is 0.0193. The molecule has 0 aromatic heterocycles. The van der Waals surface area contributed by atoms with E-state index in [-0.39, 0.29) is 11.9 Å². The van der Waals surface area contributed by atoms with Crippen LogP contribution in [0.2, 0.25) is 0 Å². The molecule has 0 aromatic rings. The van der Waals surface area contributed by atoms with Gasteiger partial charge in [-0.1, -0.05) is 119 Å². The van der Waals surface area contributed by atoms with Crippen molar-refractivity contribution in [3.8, 4) is 0 Å². The maximum atomic E-state index is 12.1.